The van der Waals surface area contributed by atoms with Gasteiger partial charge in [0.25, 0.3) is 11.7 Å². The second kappa shape index (κ2) is 10.7. The molecular weight excluding hydrogens is 416 g/mol. The van der Waals surface area contributed by atoms with Gasteiger partial charge >= 0.3 is 0 Å². The Bertz CT molecular complexity index is 1040. The molecule has 0 bridgehead atoms. The van der Waals surface area contributed by atoms with Crippen LogP contribution in [0, 0.1) is 13.8 Å². The number of benzene rings is 2. The van der Waals surface area contributed by atoms with E-state index in [0.717, 1.165) is 35.3 Å². The van der Waals surface area contributed by atoms with Crippen LogP contribution >= 0.6 is 0 Å². The molecule has 6 heteroatoms. The van der Waals surface area contributed by atoms with Crippen molar-refractivity contribution in [3.8, 4) is 5.75 Å². The summed E-state index contributed by atoms with van der Waals surface area (Å²) in [6.07, 6.45) is 2.01. The van der Waals surface area contributed by atoms with Crippen LogP contribution < -0.4 is 4.74 Å². The number of carbonyl (C=O) groups excluding carboxylic acids is 2. The van der Waals surface area contributed by atoms with Gasteiger partial charge in [-0.25, -0.2) is 0 Å². The summed E-state index contributed by atoms with van der Waals surface area (Å²) in [5.41, 5.74) is 3.37. The molecule has 1 aliphatic heterocycles. The lowest BCUT2D eigenvalue weighted by Crippen LogP contribution is -2.35. The van der Waals surface area contributed by atoms with Crippen LogP contribution in [0.5, 0.6) is 5.75 Å². The fraction of sp³-hybridized carbons (Fsp3) is 0.407. The lowest BCUT2D eigenvalue weighted by Gasteiger charge is -2.26. The van der Waals surface area contributed by atoms with E-state index >= 15 is 0 Å². The predicted octanol–water partition coefficient (Wildman–Crippen LogP) is 4.47. The van der Waals surface area contributed by atoms with Gasteiger partial charge in [0.1, 0.15) is 11.5 Å². The van der Waals surface area contributed by atoms with E-state index in [-0.39, 0.29) is 11.3 Å². The minimum Gasteiger partial charge on any atom is -0.507 e. The Balaban J connectivity index is 2.04. The molecule has 2 aromatic rings. The number of hydrogen-bond donors (Lipinski definition) is 1. The van der Waals surface area contributed by atoms with E-state index in [1.807, 2.05) is 63.2 Å². The average Bonchev–Trinajstić information content (AvgIpc) is 3.03. The zero-order valence-electron chi connectivity index (χ0n) is 20.2. The van der Waals surface area contributed by atoms with Crippen LogP contribution in [0.4, 0.5) is 0 Å². The summed E-state index contributed by atoms with van der Waals surface area (Å²) in [6, 6.07) is 12.4. The number of aliphatic hydroxyl groups is 1. The number of nitrogens with zero attached hydrogens (tertiary/aromatic N) is 2. The highest BCUT2D eigenvalue weighted by Gasteiger charge is 2.45. The topological polar surface area (TPSA) is 70.1 Å². The van der Waals surface area contributed by atoms with Crippen molar-refractivity contribution in [3.05, 3.63) is 70.3 Å². The molecule has 0 saturated carbocycles. The number of ether oxygens (including phenoxy) is 1. The SMILES string of the molecule is CCCCOc1ccc(/C(O)=C2\C(=O)C(=O)N(CCN(C)C)[C@H]2c2ccc(C)cc2)cc1C. The minimum atomic E-state index is -0.655. The van der Waals surface area contributed by atoms with Gasteiger partial charge in [-0.2, -0.15) is 0 Å². The third-order valence-electron chi connectivity index (χ3n) is 5.92. The minimum absolute atomic E-state index is 0.127. The number of hydrogen-bond acceptors (Lipinski definition) is 5. The number of likely N-dealkylation sites (N-methyl/N-ethyl adjacent to an activating group) is 1. The van der Waals surface area contributed by atoms with Crippen LogP contribution in [0.2, 0.25) is 0 Å². The average molecular weight is 451 g/mol. The second-order valence-electron chi connectivity index (χ2n) is 8.89. The first-order valence-corrected chi connectivity index (χ1v) is 11.5. The zero-order valence-corrected chi connectivity index (χ0v) is 20.2. The lowest BCUT2D eigenvalue weighted by molar-refractivity contribution is -0.140. The van der Waals surface area contributed by atoms with Crippen molar-refractivity contribution in [2.45, 2.75) is 39.7 Å². The molecule has 33 heavy (non-hydrogen) atoms. The monoisotopic (exact) mass is 450 g/mol. The van der Waals surface area contributed by atoms with Crippen LogP contribution in [-0.4, -0.2) is 60.4 Å². The van der Waals surface area contributed by atoms with Crippen molar-refractivity contribution < 1.29 is 19.4 Å². The predicted molar refractivity (Wildman–Crippen MR) is 130 cm³/mol. The fourth-order valence-electron chi connectivity index (χ4n) is 3.95. The van der Waals surface area contributed by atoms with Gasteiger partial charge in [-0.15, -0.1) is 0 Å². The van der Waals surface area contributed by atoms with E-state index in [4.69, 9.17) is 4.74 Å². The number of aryl methyl sites for hydroxylation is 2. The molecular formula is C27H34N2O4. The molecule has 0 spiro atoms. The van der Waals surface area contributed by atoms with Crippen LogP contribution in [0.1, 0.15) is 48.1 Å². The summed E-state index contributed by atoms with van der Waals surface area (Å²) < 4.78 is 5.82. The van der Waals surface area contributed by atoms with E-state index < -0.39 is 17.7 Å². The number of rotatable bonds is 9. The van der Waals surface area contributed by atoms with Crippen LogP contribution in [-0.2, 0) is 9.59 Å². The summed E-state index contributed by atoms with van der Waals surface area (Å²) in [7, 11) is 3.84. The Kier molecular flexibility index (Phi) is 7.92. The summed E-state index contributed by atoms with van der Waals surface area (Å²) in [5, 5.41) is 11.2. The summed E-state index contributed by atoms with van der Waals surface area (Å²) in [6.45, 7) is 7.63. The van der Waals surface area contributed by atoms with E-state index in [2.05, 4.69) is 6.92 Å². The molecule has 1 heterocycles. The van der Waals surface area contributed by atoms with Crippen molar-refractivity contribution in [1.29, 1.82) is 0 Å². The number of aliphatic hydroxyl groups excluding tert-OH is 1. The molecule has 1 amide bonds. The molecule has 0 aromatic heterocycles. The van der Waals surface area contributed by atoms with Crippen molar-refractivity contribution in [2.24, 2.45) is 0 Å². The van der Waals surface area contributed by atoms with Crippen LogP contribution in [0.3, 0.4) is 0 Å². The molecule has 1 fully saturated rings. The standard InChI is InChI=1S/C27H34N2O4/c1-6-7-16-33-22-13-12-21(17-19(22)3)25(30)23-24(20-10-8-18(2)9-11-20)29(15-14-28(4)5)27(32)26(23)31/h8-13,17,24,30H,6-7,14-16H2,1-5H3/b25-23+/t24-/m0/s1. The number of amides is 1. The molecule has 1 aliphatic rings. The highest BCUT2D eigenvalue weighted by molar-refractivity contribution is 6.46. The van der Waals surface area contributed by atoms with Crippen molar-refractivity contribution >= 4 is 17.4 Å². The molecule has 0 unspecified atom stereocenters. The van der Waals surface area contributed by atoms with E-state index in [1.54, 1.807) is 17.0 Å². The number of carbonyl (C=O) groups is 2. The highest BCUT2D eigenvalue weighted by Crippen LogP contribution is 2.39. The van der Waals surface area contributed by atoms with Crippen LogP contribution in [0.25, 0.3) is 5.76 Å². The first-order chi connectivity index (χ1) is 15.7. The Morgan fingerprint density at radius 3 is 2.39 bits per heavy atom. The Morgan fingerprint density at radius 2 is 1.79 bits per heavy atom. The zero-order chi connectivity index (χ0) is 24.1. The van der Waals surface area contributed by atoms with Gasteiger partial charge < -0.3 is 19.6 Å². The Labute approximate surface area is 196 Å². The van der Waals surface area contributed by atoms with Gasteiger partial charge in [0.15, 0.2) is 0 Å². The van der Waals surface area contributed by atoms with Gasteiger partial charge in [0.05, 0.1) is 18.2 Å². The first-order valence-electron chi connectivity index (χ1n) is 11.5. The quantitative estimate of drug-likeness (QED) is 0.264. The normalized spacial score (nSPS) is 17.8. The maximum Gasteiger partial charge on any atom is 0.295 e. The smallest absolute Gasteiger partial charge is 0.295 e. The molecule has 3 rings (SSSR count). The summed E-state index contributed by atoms with van der Waals surface area (Å²) in [5.74, 6) is -0.644. The van der Waals surface area contributed by atoms with Crippen molar-refractivity contribution in [2.75, 3.05) is 33.8 Å². The van der Waals surface area contributed by atoms with E-state index in [0.29, 0.717) is 25.3 Å². The molecule has 176 valence electrons. The van der Waals surface area contributed by atoms with Gasteiger partial charge in [-0.1, -0.05) is 43.2 Å². The third-order valence-corrected chi connectivity index (χ3v) is 5.92. The fourth-order valence-corrected chi connectivity index (χ4v) is 3.95. The molecule has 1 saturated heterocycles. The molecule has 2 aromatic carbocycles. The molecule has 6 nitrogen and oxygen atoms in total. The number of unbranched alkanes of at least 4 members (excludes halogenated alkanes) is 1. The number of likely N-dealkylation sites (tertiary alicyclic amines) is 1. The summed E-state index contributed by atoms with van der Waals surface area (Å²) >= 11 is 0. The highest BCUT2D eigenvalue weighted by atomic mass is 16.5. The number of ketones is 1. The molecule has 0 radical (unpaired) electrons. The van der Waals surface area contributed by atoms with Crippen molar-refractivity contribution in [1.82, 2.24) is 9.80 Å². The maximum atomic E-state index is 13.1. The van der Waals surface area contributed by atoms with Gasteiger partial charge in [0.2, 0.25) is 0 Å². The van der Waals surface area contributed by atoms with Crippen molar-refractivity contribution in [3.63, 3.8) is 0 Å². The Hall–Kier alpha value is -3.12. The first kappa shape index (κ1) is 24.5. The maximum absolute atomic E-state index is 13.1. The van der Waals surface area contributed by atoms with Gasteiger partial charge in [0, 0.05) is 18.7 Å². The lowest BCUT2D eigenvalue weighted by atomic mass is 9.94. The molecule has 0 aliphatic carbocycles. The van der Waals surface area contributed by atoms with Gasteiger partial charge in [-0.05, 0) is 63.7 Å². The van der Waals surface area contributed by atoms with E-state index in [1.165, 1.54) is 0 Å². The molecule has 1 N–H and O–H groups in total. The van der Waals surface area contributed by atoms with Gasteiger partial charge in [-0.3, -0.25) is 9.59 Å². The second-order valence-corrected chi connectivity index (χ2v) is 8.89. The number of Topliss-reactive ketones (excluding diaryl/α,β-unsaturated/α-hetero) is 1. The largest absolute Gasteiger partial charge is 0.507 e. The van der Waals surface area contributed by atoms with Crippen LogP contribution in [0.15, 0.2) is 48.0 Å². The third kappa shape index (κ3) is 5.45. The molecule has 1 atom stereocenters. The summed E-state index contributed by atoms with van der Waals surface area (Å²) in [4.78, 5) is 29.6. The van der Waals surface area contributed by atoms with E-state index in [9.17, 15) is 14.7 Å². The Morgan fingerprint density at radius 1 is 1.09 bits per heavy atom.